The van der Waals surface area contributed by atoms with Crippen molar-refractivity contribution < 1.29 is 4.79 Å². The van der Waals surface area contributed by atoms with E-state index >= 15 is 0 Å². The highest BCUT2D eigenvalue weighted by Crippen LogP contribution is 2.15. The molecule has 6 heteroatoms. The van der Waals surface area contributed by atoms with E-state index in [1.165, 1.54) is 11.8 Å². The highest BCUT2D eigenvalue weighted by molar-refractivity contribution is 7.99. The number of hydrogen-bond acceptors (Lipinski definition) is 4. The molecular formula is C13H16N4OS. The summed E-state index contributed by atoms with van der Waals surface area (Å²) in [7, 11) is 0. The molecule has 0 saturated heterocycles. The first-order valence-corrected chi connectivity index (χ1v) is 7.04. The van der Waals surface area contributed by atoms with Crippen LogP contribution in [0.4, 0.5) is 5.69 Å². The Kier molecular flexibility index (Phi) is 4.57. The van der Waals surface area contributed by atoms with E-state index in [0.29, 0.717) is 5.75 Å². The predicted molar refractivity (Wildman–Crippen MR) is 76.2 cm³/mol. The van der Waals surface area contributed by atoms with Gasteiger partial charge in [-0.2, -0.15) is 0 Å². The SMILES string of the molecule is CCn1cnnc1SCC(=O)Nc1cccc(C)c1. The molecule has 0 bridgehead atoms. The molecule has 0 aliphatic heterocycles. The fourth-order valence-corrected chi connectivity index (χ4v) is 2.40. The van der Waals surface area contributed by atoms with Gasteiger partial charge in [0.2, 0.25) is 5.91 Å². The molecule has 0 aliphatic carbocycles. The zero-order valence-corrected chi connectivity index (χ0v) is 11.8. The molecule has 1 heterocycles. The molecule has 0 aliphatic rings. The quantitative estimate of drug-likeness (QED) is 0.852. The zero-order valence-electron chi connectivity index (χ0n) is 11.0. The fraction of sp³-hybridized carbons (Fsp3) is 0.308. The standard InChI is InChI=1S/C13H16N4OS/c1-3-17-9-14-16-13(17)19-8-12(18)15-11-6-4-5-10(2)7-11/h4-7,9H,3,8H2,1-2H3,(H,15,18). The second-order valence-corrected chi connectivity index (χ2v) is 5.05. The average Bonchev–Trinajstić information content (AvgIpc) is 2.83. The van der Waals surface area contributed by atoms with Crippen LogP contribution in [0.2, 0.25) is 0 Å². The van der Waals surface area contributed by atoms with E-state index < -0.39 is 0 Å². The van der Waals surface area contributed by atoms with Gasteiger partial charge < -0.3 is 9.88 Å². The third-order valence-electron chi connectivity index (χ3n) is 2.55. The van der Waals surface area contributed by atoms with Gasteiger partial charge >= 0.3 is 0 Å². The molecule has 0 fully saturated rings. The summed E-state index contributed by atoms with van der Waals surface area (Å²) in [6.45, 7) is 4.81. The molecule has 19 heavy (non-hydrogen) atoms. The highest BCUT2D eigenvalue weighted by Gasteiger charge is 2.08. The predicted octanol–water partition coefficient (Wildman–Crippen LogP) is 2.34. The first kappa shape index (κ1) is 13.6. The van der Waals surface area contributed by atoms with Crippen molar-refractivity contribution in [2.45, 2.75) is 25.5 Å². The summed E-state index contributed by atoms with van der Waals surface area (Å²) in [6, 6.07) is 7.74. The van der Waals surface area contributed by atoms with Crippen LogP contribution in [-0.2, 0) is 11.3 Å². The summed E-state index contributed by atoms with van der Waals surface area (Å²) in [5.74, 6) is 0.286. The summed E-state index contributed by atoms with van der Waals surface area (Å²) in [6.07, 6.45) is 1.67. The fourth-order valence-electron chi connectivity index (χ4n) is 1.62. The van der Waals surface area contributed by atoms with Crippen molar-refractivity contribution in [1.29, 1.82) is 0 Å². The molecule has 0 atom stereocenters. The minimum Gasteiger partial charge on any atom is -0.325 e. The molecule has 1 N–H and O–H groups in total. The van der Waals surface area contributed by atoms with Crippen molar-refractivity contribution in [3.05, 3.63) is 36.2 Å². The second-order valence-electron chi connectivity index (χ2n) is 4.11. The molecule has 2 rings (SSSR count). The minimum atomic E-state index is -0.0405. The Balaban J connectivity index is 1.88. The van der Waals surface area contributed by atoms with Crippen LogP contribution in [0.25, 0.3) is 0 Å². The van der Waals surface area contributed by atoms with E-state index in [1.807, 2.05) is 42.7 Å². The molecule has 0 spiro atoms. The van der Waals surface area contributed by atoms with Crippen LogP contribution in [0.5, 0.6) is 0 Å². The molecule has 1 amide bonds. The van der Waals surface area contributed by atoms with E-state index in [4.69, 9.17) is 0 Å². The Labute approximate surface area is 116 Å². The van der Waals surface area contributed by atoms with E-state index in [0.717, 1.165) is 23.0 Å². The molecule has 100 valence electrons. The lowest BCUT2D eigenvalue weighted by molar-refractivity contribution is -0.113. The first-order chi connectivity index (χ1) is 9.19. The maximum absolute atomic E-state index is 11.8. The number of rotatable bonds is 5. The van der Waals surface area contributed by atoms with E-state index in [-0.39, 0.29) is 5.91 Å². The molecular weight excluding hydrogens is 260 g/mol. The molecule has 2 aromatic rings. The Morgan fingerprint density at radius 2 is 2.32 bits per heavy atom. The van der Waals surface area contributed by atoms with Crippen LogP contribution >= 0.6 is 11.8 Å². The smallest absolute Gasteiger partial charge is 0.234 e. The van der Waals surface area contributed by atoms with Crippen molar-refractivity contribution >= 4 is 23.4 Å². The average molecular weight is 276 g/mol. The van der Waals surface area contributed by atoms with Crippen molar-refractivity contribution in [3.8, 4) is 0 Å². The number of benzene rings is 1. The van der Waals surface area contributed by atoms with E-state index in [9.17, 15) is 4.79 Å². The van der Waals surface area contributed by atoms with Crippen LogP contribution in [0.1, 0.15) is 12.5 Å². The second kappa shape index (κ2) is 6.38. The van der Waals surface area contributed by atoms with Gasteiger partial charge in [-0.25, -0.2) is 0 Å². The van der Waals surface area contributed by atoms with Crippen LogP contribution in [0.15, 0.2) is 35.7 Å². The minimum absolute atomic E-state index is 0.0405. The van der Waals surface area contributed by atoms with E-state index in [2.05, 4.69) is 15.5 Å². The molecule has 1 aromatic heterocycles. The Morgan fingerprint density at radius 3 is 3.05 bits per heavy atom. The van der Waals surface area contributed by atoms with Gasteiger partial charge in [-0.15, -0.1) is 10.2 Å². The zero-order chi connectivity index (χ0) is 13.7. The lowest BCUT2D eigenvalue weighted by Crippen LogP contribution is -2.14. The Morgan fingerprint density at radius 1 is 1.47 bits per heavy atom. The first-order valence-electron chi connectivity index (χ1n) is 6.06. The Bertz CT molecular complexity index is 567. The van der Waals surface area contributed by atoms with Crippen molar-refractivity contribution in [2.75, 3.05) is 11.1 Å². The molecule has 0 radical (unpaired) electrons. The van der Waals surface area contributed by atoms with Crippen LogP contribution in [0.3, 0.4) is 0 Å². The van der Waals surface area contributed by atoms with Gasteiger partial charge in [0.05, 0.1) is 5.75 Å². The number of aryl methyl sites for hydroxylation is 2. The van der Waals surface area contributed by atoms with Gasteiger partial charge in [0, 0.05) is 12.2 Å². The van der Waals surface area contributed by atoms with Gasteiger partial charge in [0.25, 0.3) is 0 Å². The Hall–Kier alpha value is -1.82. The van der Waals surface area contributed by atoms with Crippen LogP contribution < -0.4 is 5.32 Å². The third kappa shape index (κ3) is 3.82. The lowest BCUT2D eigenvalue weighted by Gasteiger charge is -2.06. The number of carbonyl (C=O) groups excluding carboxylic acids is 1. The number of carbonyl (C=O) groups is 1. The lowest BCUT2D eigenvalue weighted by atomic mass is 10.2. The molecule has 5 nitrogen and oxygen atoms in total. The molecule has 0 unspecified atom stereocenters. The topological polar surface area (TPSA) is 59.8 Å². The highest BCUT2D eigenvalue weighted by atomic mass is 32.2. The van der Waals surface area contributed by atoms with Crippen LogP contribution in [0, 0.1) is 6.92 Å². The maximum atomic E-state index is 11.8. The number of nitrogens with one attached hydrogen (secondary N) is 1. The summed E-state index contributed by atoms with van der Waals surface area (Å²) in [4.78, 5) is 11.8. The van der Waals surface area contributed by atoms with Crippen LogP contribution in [-0.4, -0.2) is 26.4 Å². The number of nitrogens with zero attached hydrogens (tertiary/aromatic N) is 3. The van der Waals surface area contributed by atoms with Gasteiger partial charge in [-0.05, 0) is 31.5 Å². The number of amides is 1. The van der Waals surface area contributed by atoms with Gasteiger partial charge in [-0.1, -0.05) is 23.9 Å². The summed E-state index contributed by atoms with van der Waals surface area (Å²) < 4.78 is 1.91. The van der Waals surface area contributed by atoms with Crippen molar-refractivity contribution in [3.63, 3.8) is 0 Å². The third-order valence-corrected chi connectivity index (χ3v) is 3.54. The number of aromatic nitrogens is 3. The monoisotopic (exact) mass is 276 g/mol. The largest absolute Gasteiger partial charge is 0.325 e. The summed E-state index contributed by atoms with van der Waals surface area (Å²) in [5.41, 5.74) is 1.94. The molecule has 1 aromatic carbocycles. The normalized spacial score (nSPS) is 10.4. The van der Waals surface area contributed by atoms with Crippen molar-refractivity contribution in [1.82, 2.24) is 14.8 Å². The maximum Gasteiger partial charge on any atom is 0.234 e. The van der Waals surface area contributed by atoms with Gasteiger partial charge in [0.1, 0.15) is 6.33 Å². The summed E-state index contributed by atoms with van der Waals surface area (Å²) >= 11 is 1.39. The summed E-state index contributed by atoms with van der Waals surface area (Å²) in [5, 5.41) is 11.4. The van der Waals surface area contributed by atoms with E-state index in [1.54, 1.807) is 6.33 Å². The number of anilines is 1. The van der Waals surface area contributed by atoms with Crippen molar-refractivity contribution in [2.24, 2.45) is 0 Å². The number of hydrogen-bond donors (Lipinski definition) is 1. The van der Waals surface area contributed by atoms with Gasteiger partial charge in [-0.3, -0.25) is 4.79 Å². The number of thioether (sulfide) groups is 1. The molecule has 0 saturated carbocycles. The van der Waals surface area contributed by atoms with Gasteiger partial charge in [0.15, 0.2) is 5.16 Å².